The van der Waals surface area contributed by atoms with Crippen LogP contribution >= 0.6 is 0 Å². The molecule has 4 rings (SSSR count). The average Bonchev–Trinajstić information content (AvgIpc) is 2.99. The molecule has 4 aliphatic rings. The van der Waals surface area contributed by atoms with Crippen LogP contribution in [0.4, 0.5) is 0 Å². The van der Waals surface area contributed by atoms with Crippen molar-refractivity contribution in [2.24, 2.45) is 45.8 Å². The van der Waals surface area contributed by atoms with E-state index in [-0.39, 0.29) is 10.8 Å². The highest BCUT2D eigenvalue weighted by Crippen LogP contribution is 2.68. The van der Waals surface area contributed by atoms with Gasteiger partial charge >= 0.3 is 0 Å². The van der Waals surface area contributed by atoms with Crippen LogP contribution < -0.4 is 0 Å². The lowest BCUT2D eigenvalue weighted by atomic mass is 9.46. The van der Waals surface area contributed by atoms with E-state index < -0.39 is 9.04 Å². The smallest absolute Gasteiger partial charge is 0.170 e. The minimum atomic E-state index is -1.01. The molecule has 0 amide bonds. The normalized spacial score (nSPS) is 41.3. The zero-order chi connectivity index (χ0) is 22.8. The molecule has 31 heavy (non-hydrogen) atoms. The van der Waals surface area contributed by atoms with Gasteiger partial charge in [0.2, 0.25) is 0 Å². The first-order valence-corrected chi connectivity index (χ1v) is 15.7. The predicted molar refractivity (Wildman–Crippen MR) is 132 cm³/mol. The van der Waals surface area contributed by atoms with Gasteiger partial charge in [0.25, 0.3) is 0 Å². The lowest BCUT2D eigenvalue weighted by Crippen LogP contribution is -2.51. The molecule has 0 bridgehead atoms. The summed E-state index contributed by atoms with van der Waals surface area (Å²) in [5.74, 6) is 3.92. The van der Waals surface area contributed by atoms with E-state index in [4.69, 9.17) is 4.43 Å². The molecule has 0 radical (unpaired) electrons. The van der Waals surface area contributed by atoms with E-state index in [1.165, 1.54) is 31.3 Å². The maximum absolute atomic E-state index is 12.2. The van der Waals surface area contributed by atoms with Gasteiger partial charge in [-0.05, 0) is 110 Å². The monoisotopic (exact) mass is 442 g/mol. The third-order valence-corrected chi connectivity index (χ3v) is 11.0. The van der Waals surface area contributed by atoms with Crippen molar-refractivity contribution in [1.29, 1.82) is 0 Å². The predicted octanol–water partition coefficient (Wildman–Crippen LogP) is 6.96. The Morgan fingerprint density at radius 3 is 2.45 bits per heavy atom. The number of ketones is 1. The quantitative estimate of drug-likeness (QED) is 0.440. The van der Waals surface area contributed by atoms with Gasteiger partial charge in [0, 0.05) is 13.0 Å². The van der Waals surface area contributed by atoms with Crippen molar-refractivity contribution in [3.63, 3.8) is 0 Å². The van der Waals surface area contributed by atoms with Crippen LogP contribution in [-0.4, -0.2) is 21.4 Å². The van der Waals surface area contributed by atoms with Crippen molar-refractivity contribution in [3.05, 3.63) is 23.3 Å². The van der Waals surface area contributed by atoms with Gasteiger partial charge in [-0.3, -0.25) is 4.79 Å². The summed E-state index contributed by atoms with van der Waals surface area (Å²) in [4.78, 5) is 12.2. The van der Waals surface area contributed by atoms with Gasteiger partial charge in [0.1, 0.15) is 0 Å². The molecule has 0 aromatic rings. The van der Waals surface area contributed by atoms with Crippen LogP contribution in [0.5, 0.6) is 0 Å². The number of carbonyl (C=O) groups excluding carboxylic acids is 1. The number of carbonyl (C=O) groups is 1. The van der Waals surface area contributed by atoms with Crippen LogP contribution in [0, 0.1) is 45.8 Å². The van der Waals surface area contributed by atoms with E-state index in [0.29, 0.717) is 29.0 Å². The van der Waals surface area contributed by atoms with Crippen LogP contribution in [0.2, 0.25) is 13.1 Å². The molecule has 7 atom stereocenters. The first-order valence-electron chi connectivity index (χ1n) is 12.9. The lowest BCUT2D eigenvalue weighted by molar-refractivity contribution is -0.116. The first kappa shape index (κ1) is 23.5. The number of hydrogen-bond donors (Lipinski definition) is 0. The number of fused-ring (bicyclic) bond motifs is 5. The lowest BCUT2D eigenvalue weighted by Gasteiger charge is -2.58. The average molecular weight is 443 g/mol. The molecule has 0 saturated heterocycles. The van der Waals surface area contributed by atoms with E-state index in [0.717, 1.165) is 31.3 Å². The van der Waals surface area contributed by atoms with E-state index in [1.807, 2.05) is 6.08 Å². The molecule has 0 aromatic carbocycles. The molecule has 0 aliphatic heterocycles. The summed E-state index contributed by atoms with van der Waals surface area (Å²) >= 11 is 0. The van der Waals surface area contributed by atoms with Gasteiger partial charge in [0.05, 0.1) is 0 Å². The Morgan fingerprint density at radius 2 is 1.81 bits per heavy atom. The zero-order valence-corrected chi connectivity index (χ0v) is 22.5. The fraction of sp³-hybridized carbons (Fsp3) is 0.821. The minimum absolute atomic E-state index is 0.202. The van der Waals surface area contributed by atoms with Gasteiger partial charge in [-0.25, -0.2) is 0 Å². The third kappa shape index (κ3) is 3.86. The molecule has 0 N–H and O–H groups in total. The largest absolute Gasteiger partial charge is 0.420 e. The van der Waals surface area contributed by atoms with E-state index in [1.54, 1.807) is 5.57 Å². The van der Waals surface area contributed by atoms with Gasteiger partial charge in [-0.15, -0.1) is 0 Å². The van der Waals surface area contributed by atoms with Gasteiger partial charge in [0.15, 0.2) is 14.8 Å². The SMILES string of the molecule is CC1=CC2=CC(=O)CC[C@]2(C)[C@H]2CC[C@]3(C)[C@@H](C(CO[SiH](C)C)C(C)(C)C)CC[C@H]3[C@H]12. The molecule has 2 saturated carbocycles. The summed E-state index contributed by atoms with van der Waals surface area (Å²) in [5.41, 5.74) is 3.79. The second-order valence-corrected chi connectivity index (χ2v) is 15.6. The van der Waals surface area contributed by atoms with Crippen molar-refractivity contribution < 1.29 is 9.22 Å². The Bertz CT molecular complexity index is 787. The highest BCUT2D eigenvalue weighted by atomic mass is 28.3. The van der Waals surface area contributed by atoms with Gasteiger partial charge in [-0.2, -0.15) is 0 Å². The van der Waals surface area contributed by atoms with Crippen molar-refractivity contribution >= 4 is 14.8 Å². The molecule has 0 aromatic heterocycles. The van der Waals surface area contributed by atoms with Crippen LogP contribution in [0.1, 0.15) is 80.1 Å². The molecule has 0 heterocycles. The summed E-state index contributed by atoms with van der Waals surface area (Å²) in [6, 6.07) is 0. The Morgan fingerprint density at radius 1 is 1.10 bits per heavy atom. The second-order valence-electron chi connectivity index (χ2n) is 13.2. The van der Waals surface area contributed by atoms with Crippen molar-refractivity contribution in [2.45, 2.75) is 93.2 Å². The Labute approximate surface area is 193 Å². The van der Waals surface area contributed by atoms with Crippen LogP contribution in [-0.2, 0) is 9.22 Å². The van der Waals surface area contributed by atoms with E-state index in [2.05, 4.69) is 60.7 Å². The molecule has 2 fully saturated rings. The fourth-order valence-electron chi connectivity index (χ4n) is 8.34. The summed E-state index contributed by atoms with van der Waals surface area (Å²) in [5, 5.41) is 0. The molecule has 0 spiro atoms. The van der Waals surface area contributed by atoms with Crippen LogP contribution in [0.3, 0.4) is 0 Å². The summed E-state index contributed by atoms with van der Waals surface area (Å²) in [7, 11) is -1.01. The van der Waals surface area contributed by atoms with Crippen LogP contribution in [0.25, 0.3) is 0 Å². The standard InChI is InChI=1S/C28H46O2Si/c1-18-15-19-16-20(29)11-13-27(19,5)23-12-14-28(6)21(9-10-22(28)25(18)23)24(26(2,3)4)17-30-31(7)8/h15-16,21-25,31H,9-14,17H2,1-8H3/t21-,22+,23+,24?,25+,27+,28-/m1/s1. The molecular weight excluding hydrogens is 396 g/mol. The molecule has 174 valence electrons. The highest BCUT2D eigenvalue weighted by Gasteiger charge is 2.60. The summed E-state index contributed by atoms with van der Waals surface area (Å²) in [6.07, 6.45) is 11.6. The van der Waals surface area contributed by atoms with Crippen molar-refractivity contribution in [3.8, 4) is 0 Å². The fourth-order valence-corrected chi connectivity index (χ4v) is 8.93. The maximum Gasteiger partial charge on any atom is 0.170 e. The minimum Gasteiger partial charge on any atom is -0.420 e. The molecule has 4 aliphatic carbocycles. The van der Waals surface area contributed by atoms with Crippen LogP contribution in [0.15, 0.2) is 23.3 Å². The summed E-state index contributed by atoms with van der Waals surface area (Å²) in [6.45, 7) is 20.4. The maximum atomic E-state index is 12.2. The second kappa shape index (κ2) is 7.97. The van der Waals surface area contributed by atoms with Gasteiger partial charge in [-0.1, -0.05) is 46.3 Å². The first-order chi connectivity index (χ1) is 14.4. The Hall–Kier alpha value is -0.673. The van der Waals surface area contributed by atoms with Crippen molar-refractivity contribution in [2.75, 3.05) is 6.61 Å². The zero-order valence-electron chi connectivity index (χ0n) is 21.4. The molecule has 1 unspecified atom stereocenters. The number of hydrogen-bond acceptors (Lipinski definition) is 2. The number of rotatable bonds is 4. The molecule has 3 heteroatoms. The topological polar surface area (TPSA) is 26.3 Å². The summed E-state index contributed by atoms with van der Waals surface area (Å²) < 4.78 is 6.38. The molecular formula is C28H46O2Si. The molecule has 2 nitrogen and oxygen atoms in total. The van der Waals surface area contributed by atoms with Gasteiger partial charge < -0.3 is 4.43 Å². The van der Waals surface area contributed by atoms with E-state index in [9.17, 15) is 4.79 Å². The Balaban J connectivity index is 1.67. The highest BCUT2D eigenvalue weighted by molar-refractivity contribution is 6.48. The third-order valence-electron chi connectivity index (χ3n) is 10.1. The van der Waals surface area contributed by atoms with E-state index >= 15 is 0 Å². The number of allylic oxidation sites excluding steroid dienone is 4. The Kier molecular flexibility index (Phi) is 6.04. The van der Waals surface area contributed by atoms with Crippen molar-refractivity contribution in [1.82, 2.24) is 0 Å².